The lowest BCUT2D eigenvalue weighted by atomic mass is 9.95. The van der Waals surface area contributed by atoms with Crippen LogP contribution in [0.25, 0.3) is 22.7 Å². The molecule has 1 saturated heterocycles. The van der Waals surface area contributed by atoms with Crippen molar-refractivity contribution >= 4 is 17.9 Å². The lowest BCUT2D eigenvalue weighted by Crippen LogP contribution is -2.33. The van der Waals surface area contributed by atoms with Gasteiger partial charge in [-0.05, 0) is 107 Å². The minimum Gasteiger partial charge on any atom is -0.456 e. The highest BCUT2D eigenvalue weighted by Crippen LogP contribution is 2.40. The second-order valence-corrected chi connectivity index (χ2v) is 12.1. The van der Waals surface area contributed by atoms with E-state index >= 15 is 0 Å². The molecule has 2 aliphatic rings. The Hall–Kier alpha value is -4.27. The van der Waals surface area contributed by atoms with Crippen LogP contribution in [0.4, 0.5) is 16.4 Å². The molecular weight excluding hydrogens is 533 g/mol. The number of hydrogen-bond donors (Lipinski definition) is 1. The maximum Gasteiger partial charge on any atom is 0.338 e. The van der Waals surface area contributed by atoms with Crippen molar-refractivity contribution in [2.24, 2.45) is 5.92 Å². The lowest BCUT2D eigenvalue weighted by molar-refractivity contribution is 0.00694. The van der Waals surface area contributed by atoms with Crippen LogP contribution in [-0.4, -0.2) is 39.6 Å². The maximum atomic E-state index is 13.8. The number of nitrogens with zero attached hydrogens (tertiary/aromatic N) is 4. The summed E-state index contributed by atoms with van der Waals surface area (Å²) in [6, 6.07) is 16.2. The second-order valence-electron chi connectivity index (χ2n) is 12.1. The van der Waals surface area contributed by atoms with Crippen LogP contribution in [0, 0.1) is 11.7 Å². The molecule has 8 nitrogen and oxygen atoms in total. The first kappa shape index (κ1) is 27.9. The Balaban J connectivity index is 1.33. The molecule has 0 spiro atoms. The molecule has 0 bridgehead atoms. The van der Waals surface area contributed by atoms with E-state index in [9.17, 15) is 9.18 Å². The van der Waals surface area contributed by atoms with Crippen molar-refractivity contribution in [2.45, 2.75) is 64.5 Å². The van der Waals surface area contributed by atoms with Crippen LogP contribution in [0.15, 0.2) is 65.2 Å². The molecule has 6 rings (SSSR count). The smallest absolute Gasteiger partial charge is 0.338 e. The second kappa shape index (κ2) is 11.5. The van der Waals surface area contributed by atoms with Gasteiger partial charge in [0.05, 0.1) is 11.6 Å². The van der Waals surface area contributed by atoms with E-state index in [0.717, 1.165) is 43.5 Å². The molecule has 1 aliphatic heterocycles. The minimum absolute atomic E-state index is 0.0140. The van der Waals surface area contributed by atoms with Crippen molar-refractivity contribution in [3.8, 4) is 22.7 Å². The number of anilines is 2. The minimum atomic E-state index is -0.557. The van der Waals surface area contributed by atoms with Gasteiger partial charge in [0.2, 0.25) is 5.95 Å². The number of hydrogen-bond acceptors (Lipinski definition) is 8. The summed E-state index contributed by atoms with van der Waals surface area (Å²) >= 11 is 0. The van der Waals surface area contributed by atoms with Crippen molar-refractivity contribution in [1.29, 1.82) is 0 Å². The Morgan fingerprint density at radius 3 is 2.50 bits per heavy atom. The van der Waals surface area contributed by atoms with Gasteiger partial charge < -0.3 is 19.4 Å². The van der Waals surface area contributed by atoms with Gasteiger partial charge in [0.15, 0.2) is 5.76 Å². The molecule has 0 amide bonds. The molecule has 2 aromatic carbocycles. The molecule has 2 fully saturated rings. The number of piperidine rings is 1. The van der Waals surface area contributed by atoms with Crippen LogP contribution in [0.1, 0.15) is 74.8 Å². The van der Waals surface area contributed by atoms with Gasteiger partial charge in [-0.1, -0.05) is 12.1 Å². The van der Waals surface area contributed by atoms with Gasteiger partial charge in [-0.25, -0.2) is 19.2 Å². The Kier molecular flexibility index (Phi) is 7.66. The zero-order valence-corrected chi connectivity index (χ0v) is 24.3. The summed E-state index contributed by atoms with van der Waals surface area (Å²) in [5.41, 5.74) is 2.97. The molecule has 1 saturated carbocycles. The number of benzene rings is 2. The molecular formula is C33H36FN5O3. The predicted molar refractivity (Wildman–Crippen MR) is 160 cm³/mol. The van der Waals surface area contributed by atoms with Crippen molar-refractivity contribution in [2.75, 3.05) is 23.3 Å². The Morgan fingerprint density at radius 2 is 1.79 bits per heavy atom. The SMILES string of the molecule is CC(C)(C)OC(=O)c1ccc(C2CCCCN2c2nc(-c3ccc(F)cc3)c(-c3ccnc(NCC4CC4)n3)o2)cc1. The number of esters is 1. The van der Waals surface area contributed by atoms with Crippen LogP contribution in [-0.2, 0) is 4.74 Å². The molecule has 1 atom stereocenters. The molecule has 3 heterocycles. The number of rotatable bonds is 8. The number of carbonyl (C=O) groups excluding carboxylic acids is 1. The maximum absolute atomic E-state index is 13.8. The van der Waals surface area contributed by atoms with Crippen LogP contribution < -0.4 is 10.2 Å². The van der Waals surface area contributed by atoms with E-state index in [4.69, 9.17) is 19.1 Å². The van der Waals surface area contributed by atoms with Crippen LogP contribution in [0.5, 0.6) is 0 Å². The molecule has 0 radical (unpaired) electrons. The first-order chi connectivity index (χ1) is 20.2. The highest BCUT2D eigenvalue weighted by molar-refractivity contribution is 5.89. The van der Waals surface area contributed by atoms with Gasteiger partial charge in [0, 0.05) is 24.8 Å². The topological polar surface area (TPSA) is 93.4 Å². The molecule has 9 heteroatoms. The fourth-order valence-electron chi connectivity index (χ4n) is 5.22. The summed E-state index contributed by atoms with van der Waals surface area (Å²) in [4.78, 5) is 28.8. The molecule has 42 heavy (non-hydrogen) atoms. The zero-order chi connectivity index (χ0) is 29.3. The molecule has 218 valence electrons. The van der Waals surface area contributed by atoms with Crippen LogP contribution in [0.3, 0.4) is 0 Å². The quantitative estimate of drug-likeness (QED) is 0.219. The molecule has 2 aromatic heterocycles. The normalized spacial score (nSPS) is 17.2. The first-order valence-corrected chi connectivity index (χ1v) is 14.7. The average Bonchev–Trinajstić information content (AvgIpc) is 3.72. The lowest BCUT2D eigenvalue weighted by Gasteiger charge is -2.35. The van der Waals surface area contributed by atoms with Gasteiger partial charge in [-0.15, -0.1) is 0 Å². The van der Waals surface area contributed by atoms with E-state index < -0.39 is 5.60 Å². The number of aromatic nitrogens is 3. The summed E-state index contributed by atoms with van der Waals surface area (Å²) in [6.45, 7) is 7.18. The fraction of sp³-hybridized carbons (Fsp3) is 0.394. The van der Waals surface area contributed by atoms with E-state index in [-0.39, 0.29) is 17.8 Å². The highest BCUT2D eigenvalue weighted by Gasteiger charge is 2.30. The number of ether oxygens (including phenoxy) is 1. The van der Waals surface area contributed by atoms with Crippen molar-refractivity contribution in [3.63, 3.8) is 0 Å². The summed E-state index contributed by atoms with van der Waals surface area (Å²) in [5.74, 6) is 1.08. The third kappa shape index (κ3) is 6.45. The monoisotopic (exact) mass is 569 g/mol. The van der Waals surface area contributed by atoms with Crippen molar-refractivity contribution in [3.05, 3.63) is 77.7 Å². The van der Waals surface area contributed by atoms with Crippen LogP contribution >= 0.6 is 0 Å². The van der Waals surface area contributed by atoms with Gasteiger partial charge in [0.1, 0.15) is 22.8 Å². The molecule has 4 aromatic rings. The van der Waals surface area contributed by atoms with Gasteiger partial charge in [-0.3, -0.25) is 0 Å². The summed E-state index contributed by atoms with van der Waals surface area (Å²) in [5, 5.41) is 3.33. The summed E-state index contributed by atoms with van der Waals surface area (Å²) < 4.78 is 25.9. The van der Waals surface area contributed by atoms with Gasteiger partial charge in [-0.2, -0.15) is 4.98 Å². The van der Waals surface area contributed by atoms with E-state index in [1.165, 1.54) is 25.0 Å². The average molecular weight is 570 g/mol. The summed E-state index contributed by atoms with van der Waals surface area (Å²) in [6.07, 6.45) is 7.15. The molecule has 1 aliphatic carbocycles. The van der Waals surface area contributed by atoms with Crippen molar-refractivity contribution in [1.82, 2.24) is 15.0 Å². The number of carbonyl (C=O) groups is 1. The van der Waals surface area contributed by atoms with E-state index in [2.05, 4.69) is 15.2 Å². The molecule has 1 N–H and O–H groups in total. The van der Waals surface area contributed by atoms with E-state index in [0.29, 0.717) is 40.6 Å². The number of halogens is 1. The Labute approximate surface area is 245 Å². The molecule has 1 unspecified atom stereocenters. The predicted octanol–water partition coefficient (Wildman–Crippen LogP) is 7.45. The third-order valence-electron chi connectivity index (χ3n) is 7.55. The standard InChI is InChI=1S/C33H36FN5O3/c1-33(2,3)42-30(40)24-11-9-22(10-12-24)27-6-4-5-19-39(27)32-38-28(23-13-15-25(34)16-14-23)29(41-32)26-17-18-35-31(37-26)36-20-21-7-8-21/h9-18,21,27H,4-8,19-20H2,1-3H3,(H,35,36,37). The van der Waals surface area contributed by atoms with Crippen LogP contribution in [0.2, 0.25) is 0 Å². The largest absolute Gasteiger partial charge is 0.456 e. The van der Waals surface area contributed by atoms with E-state index in [1.54, 1.807) is 18.3 Å². The highest BCUT2D eigenvalue weighted by atomic mass is 19.1. The Morgan fingerprint density at radius 1 is 1.02 bits per heavy atom. The zero-order valence-electron chi connectivity index (χ0n) is 24.3. The summed E-state index contributed by atoms with van der Waals surface area (Å²) in [7, 11) is 0. The van der Waals surface area contributed by atoms with E-state index in [1.807, 2.05) is 51.1 Å². The fourth-order valence-corrected chi connectivity index (χ4v) is 5.22. The number of nitrogens with one attached hydrogen (secondary N) is 1. The first-order valence-electron chi connectivity index (χ1n) is 14.7. The van der Waals surface area contributed by atoms with Gasteiger partial charge in [0.25, 0.3) is 6.01 Å². The van der Waals surface area contributed by atoms with Gasteiger partial charge >= 0.3 is 5.97 Å². The Bertz CT molecular complexity index is 1540. The number of oxazole rings is 1. The third-order valence-corrected chi connectivity index (χ3v) is 7.55. The van der Waals surface area contributed by atoms with Crippen molar-refractivity contribution < 1.29 is 18.3 Å².